The van der Waals surface area contributed by atoms with Crippen LogP contribution in [0.5, 0.6) is 0 Å². The molecule has 6 heteroatoms. The molecule has 0 atom stereocenters. The van der Waals surface area contributed by atoms with Crippen molar-refractivity contribution in [3.05, 3.63) is 0 Å². The molecule has 0 saturated carbocycles. The van der Waals surface area contributed by atoms with E-state index in [1.54, 1.807) is 4.90 Å². The summed E-state index contributed by atoms with van der Waals surface area (Å²) < 4.78 is 0. The highest BCUT2D eigenvalue weighted by atomic mass is 16.2. The van der Waals surface area contributed by atoms with Crippen LogP contribution in [0, 0.1) is 0 Å². The zero-order valence-corrected chi connectivity index (χ0v) is 10.8. The molecule has 2 fully saturated rings. The molecule has 6 nitrogen and oxygen atoms in total. The molecule has 2 N–H and O–H groups in total. The molecule has 0 aromatic heterocycles. The van der Waals surface area contributed by atoms with E-state index in [1.807, 2.05) is 0 Å². The Morgan fingerprint density at radius 2 is 2.06 bits per heavy atom. The molecule has 0 radical (unpaired) electrons. The number of rotatable bonds is 5. The van der Waals surface area contributed by atoms with E-state index in [2.05, 4.69) is 15.5 Å². The first kappa shape index (κ1) is 13.3. The van der Waals surface area contributed by atoms with Gasteiger partial charge in [-0.3, -0.25) is 14.5 Å². The number of piperazine rings is 1. The molecule has 2 saturated heterocycles. The van der Waals surface area contributed by atoms with Gasteiger partial charge in [-0.25, -0.2) is 0 Å². The monoisotopic (exact) mass is 254 g/mol. The number of carbonyl (C=O) groups excluding carboxylic acids is 2. The van der Waals surface area contributed by atoms with Crippen molar-refractivity contribution < 1.29 is 9.59 Å². The van der Waals surface area contributed by atoms with E-state index in [1.165, 1.54) is 0 Å². The van der Waals surface area contributed by atoms with Gasteiger partial charge in [-0.2, -0.15) is 0 Å². The number of amides is 2. The zero-order valence-electron chi connectivity index (χ0n) is 10.8. The van der Waals surface area contributed by atoms with Crippen molar-refractivity contribution in [1.82, 2.24) is 20.4 Å². The third kappa shape index (κ3) is 3.96. The lowest BCUT2D eigenvalue weighted by molar-refractivity contribution is -0.133. The van der Waals surface area contributed by atoms with Crippen LogP contribution in [-0.2, 0) is 9.59 Å². The van der Waals surface area contributed by atoms with E-state index < -0.39 is 0 Å². The maximum absolute atomic E-state index is 11.7. The quantitative estimate of drug-likeness (QED) is 0.635. The summed E-state index contributed by atoms with van der Waals surface area (Å²) in [4.78, 5) is 27.0. The van der Waals surface area contributed by atoms with Gasteiger partial charge in [0.1, 0.15) is 0 Å². The van der Waals surface area contributed by atoms with Crippen molar-refractivity contribution in [3.63, 3.8) is 0 Å². The first-order valence-electron chi connectivity index (χ1n) is 6.73. The Bertz CT molecular complexity index is 302. The van der Waals surface area contributed by atoms with Crippen LogP contribution in [0.25, 0.3) is 0 Å². The number of nitrogens with one attached hydrogen (secondary N) is 2. The maximum Gasteiger partial charge on any atom is 0.239 e. The molecule has 0 spiro atoms. The Labute approximate surface area is 108 Å². The summed E-state index contributed by atoms with van der Waals surface area (Å²) >= 11 is 0. The number of hydrogen-bond donors (Lipinski definition) is 2. The summed E-state index contributed by atoms with van der Waals surface area (Å²) in [7, 11) is 0. The fraction of sp³-hybridized carbons (Fsp3) is 0.833. The lowest BCUT2D eigenvalue weighted by atomic mass is 10.3. The Balaban J connectivity index is 1.58. The number of nitrogens with zero attached hydrogens (tertiary/aromatic N) is 2. The van der Waals surface area contributed by atoms with E-state index in [0.717, 1.165) is 45.7 Å². The van der Waals surface area contributed by atoms with Gasteiger partial charge in [0.2, 0.25) is 11.8 Å². The molecular formula is C12H22N4O2. The van der Waals surface area contributed by atoms with Gasteiger partial charge in [0.15, 0.2) is 0 Å². The van der Waals surface area contributed by atoms with Gasteiger partial charge in [-0.1, -0.05) is 0 Å². The summed E-state index contributed by atoms with van der Waals surface area (Å²) in [6.45, 7) is 6.64. The Kier molecular flexibility index (Phi) is 4.95. The predicted octanol–water partition coefficient (Wildman–Crippen LogP) is -1.37. The minimum atomic E-state index is -0.0413. The highest BCUT2D eigenvalue weighted by Gasteiger charge is 2.22. The molecule has 0 aliphatic carbocycles. The lowest BCUT2D eigenvalue weighted by Gasteiger charge is -2.27. The molecule has 2 rings (SSSR count). The topological polar surface area (TPSA) is 64.7 Å². The fourth-order valence-corrected chi connectivity index (χ4v) is 2.39. The molecule has 2 aliphatic rings. The summed E-state index contributed by atoms with van der Waals surface area (Å²) in [5.74, 6) is 0.0626. The molecule has 0 bridgehead atoms. The minimum absolute atomic E-state index is 0.0413. The third-order valence-corrected chi connectivity index (χ3v) is 3.47. The molecule has 0 unspecified atom stereocenters. The molecular weight excluding hydrogens is 232 g/mol. The molecule has 0 aromatic rings. The largest absolute Gasteiger partial charge is 0.353 e. The summed E-state index contributed by atoms with van der Waals surface area (Å²) in [5.41, 5.74) is 0. The average molecular weight is 254 g/mol. The lowest BCUT2D eigenvalue weighted by Crippen LogP contribution is -2.47. The second-order valence-electron chi connectivity index (χ2n) is 4.86. The van der Waals surface area contributed by atoms with Gasteiger partial charge >= 0.3 is 0 Å². The van der Waals surface area contributed by atoms with Crippen LogP contribution in [0.4, 0.5) is 0 Å². The van der Waals surface area contributed by atoms with Crippen LogP contribution in [-0.4, -0.2) is 74.0 Å². The van der Waals surface area contributed by atoms with Crippen LogP contribution in [0.3, 0.4) is 0 Å². The van der Waals surface area contributed by atoms with Crippen molar-refractivity contribution in [2.45, 2.75) is 12.8 Å². The van der Waals surface area contributed by atoms with E-state index in [4.69, 9.17) is 0 Å². The fourth-order valence-electron chi connectivity index (χ4n) is 2.39. The Hall–Kier alpha value is -1.14. The van der Waals surface area contributed by atoms with Gasteiger partial charge in [0.05, 0.1) is 6.54 Å². The highest BCUT2D eigenvalue weighted by Crippen LogP contribution is 2.08. The van der Waals surface area contributed by atoms with Crippen LogP contribution >= 0.6 is 0 Å². The van der Waals surface area contributed by atoms with Gasteiger partial charge in [-0.15, -0.1) is 0 Å². The van der Waals surface area contributed by atoms with Crippen LogP contribution < -0.4 is 10.6 Å². The molecule has 2 aliphatic heterocycles. The molecule has 18 heavy (non-hydrogen) atoms. The minimum Gasteiger partial charge on any atom is -0.353 e. The summed E-state index contributed by atoms with van der Waals surface area (Å²) in [5, 5.41) is 6.18. The Morgan fingerprint density at radius 3 is 2.72 bits per heavy atom. The van der Waals surface area contributed by atoms with Crippen molar-refractivity contribution in [2.75, 3.05) is 52.4 Å². The second kappa shape index (κ2) is 6.70. The molecule has 2 heterocycles. The number of carbonyl (C=O) groups is 2. The second-order valence-corrected chi connectivity index (χ2v) is 4.86. The SMILES string of the molecule is O=C(CN1CCCC1=O)NCCN1CCNCC1. The van der Waals surface area contributed by atoms with Crippen molar-refractivity contribution in [1.29, 1.82) is 0 Å². The molecule has 102 valence electrons. The van der Waals surface area contributed by atoms with E-state index in [-0.39, 0.29) is 18.4 Å². The number of hydrogen-bond acceptors (Lipinski definition) is 4. The normalized spacial score (nSPS) is 21.3. The predicted molar refractivity (Wildman–Crippen MR) is 68.1 cm³/mol. The van der Waals surface area contributed by atoms with Gasteiger partial charge in [0.25, 0.3) is 0 Å². The van der Waals surface area contributed by atoms with Gasteiger partial charge in [-0.05, 0) is 6.42 Å². The van der Waals surface area contributed by atoms with Crippen molar-refractivity contribution in [2.24, 2.45) is 0 Å². The zero-order chi connectivity index (χ0) is 12.8. The standard InChI is InChI=1S/C12H22N4O2/c17-11(10-16-6-1-2-12(16)18)14-5-9-15-7-3-13-4-8-15/h13H,1-10H2,(H,14,17). The molecule has 2 amide bonds. The maximum atomic E-state index is 11.7. The smallest absolute Gasteiger partial charge is 0.239 e. The first-order chi connectivity index (χ1) is 8.75. The van der Waals surface area contributed by atoms with Gasteiger partial charge < -0.3 is 15.5 Å². The number of likely N-dealkylation sites (tertiary alicyclic amines) is 1. The van der Waals surface area contributed by atoms with Crippen LogP contribution in [0.15, 0.2) is 0 Å². The van der Waals surface area contributed by atoms with E-state index in [9.17, 15) is 9.59 Å². The first-order valence-corrected chi connectivity index (χ1v) is 6.73. The average Bonchev–Trinajstić information content (AvgIpc) is 2.76. The summed E-state index contributed by atoms with van der Waals surface area (Å²) in [6.07, 6.45) is 1.47. The summed E-state index contributed by atoms with van der Waals surface area (Å²) in [6, 6.07) is 0. The van der Waals surface area contributed by atoms with Crippen molar-refractivity contribution >= 4 is 11.8 Å². The molecule has 0 aromatic carbocycles. The highest BCUT2D eigenvalue weighted by molar-refractivity contribution is 5.85. The van der Waals surface area contributed by atoms with Gasteiger partial charge in [0, 0.05) is 52.2 Å². The third-order valence-electron chi connectivity index (χ3n) is 3.47. The van der Waals surface area contributed by atoms with Crippen LogP contribution in [0.1, 0.15) is 12.8 Å². The van der Waals surface area contributed by atoms with E-state index >= 15 is 0 Å². The van der Waals surface area contributed by atoms with E-state index in [0.29, 0.717) is 13.0 Å². The van der Waals surface area contributed by atoms with Crippen molar-refractivity contribution in [3.8, 4) is 0 Å². The Morgan fingerprint density at radius 1 is 1.28 bits per heavy atom. The van der Waals surface area contributed by atoms with Crippen LogP contribution in [0.2, 0.25) is 0 Å².